The molecule has 2 saturated carbocycles. The van der Waals surface area contributed by atoms with Crippen molar-refractivity contribution in [3.05, 3.63) is 33.8 Å². The highest BCUT2D eigenvalue weighted by atomic mass is 35.5. The van der Waals surface area contributed by atoms with Crippen molar-refractivity contribution >= 4 is 23.2 Å². The molecule has 4 heteroatoms. The minimum atomic E-state index is 0. The second kappa shape index (κ2) is 5.92. The van der Waals surface area contributed by atoms with Crippen LogP contribution in [0.2, 0.25) is 10.0 Å². The van der Waals surface area contributed by atoms with Crippen LogP contribution in [0.25, 0.3) is 0 Å². The standard InChI is InChI=1S/C17H23Cl2N.ClH/c1-16(2)12-6-7-17(16,3)15(9-12)20-10-11-4-5-13(18)14(19)8-11;/h4-5,8,12,15,20H,6-7,9-10H2,1-3H3;1H. The van der Waals surface area contributed by atoms with Crippen molar-refractivity contribution in [3.63, 3.8) is 0 Å². The first-order chi connectivity index (χ1) is 9.34. The molecule has 0 radical (unpaired) electrons. The van der Waals surface area contributed by atoms with Crippen LogP contribution in [0, 0.1) is 16.7 Å². The summed E-state index contributed by atoms with van der Waals surface area (Å²) in [5.41, 5.74) is 2.24. The Morgan fingerprint density at radius 2 is 1.90 bits per heavy atom. The molecule has 0 amide bonds. The molecular weight excluding hydrogens is 325 g/mol. The summed E-state index contributed by atoms with van der Waals surface area (Å²) in [4.78, 5) is 0. The summed E-state index contributed by atoms with van der Waals surface area (Å²) in [6, 6.07) is 6.73. The molecule has 2 bridgehead atoms. The van der Waals surface area contributed by atoms with Gasteiger partial charge in [-0.3, -0.25) is 0 Å². The second-order valence-electron chi connectivity index (χ2n) is 7.41. The van der Waals surface area contributed by atoms with Gasteiger partial charge in [0.1, 0.15) is 6.54 Å². The number of benzene rings is 1. The highest BCUT2D eigenvalue weighted by Crippen LogP contribution is 2.64. The first-order valence-corrected chi connectivity index (χ1v) is 8.37. The molecule has 1 aromatic rings. The van der Waals surface area contributed by atoms with Gasteiger partial charge in [0.25, 0.3) is 0 Å². The molecule has 3 unspecified atom stereocenters. The van der Waals surface area contributed by atoms with Gasteiger partial charge in [0.2, 0.25) is 0 Å². The molecule has 0 saturated heterocycles. The Morgan fingerprint density at radius 3 is 2.43 bits per heavy atom. The van der Waals surface area contributed by atoms with Crippen LogP contribution in [0.3, 0.4) is 0 Å². The molecular formula is C17H24Cl3N. The lowest BCUT2D eigenvalue weighted by Crippen LogP contribution is -3.00. The summed E-state index contributed by atoms with van der Waals surface area (Å²) >= 11 is 12.1. The highest BCUT2D eigenvalue weighted by Gasteiger charge is 2.63. The van der Waals surface area contributed by atoms with E-state index in [9.17, 15) is 0 Å². The van der Waals surface area contributed by atoms with E-state index in [1.54, 1.807) is 0 Å². The predicted molar refractivity (Wildman–Crippen MR) is 85.1 cm³/mol. The fraction of sp³-hybridized carbons (Fsp3) is 0.647. The number of fused-ring (bicyclic) bond motifs is 2. The van der Waals surface area contributed by atoms with Crippen molar-refractivity contribution in [2.75, 3.05) is 0 Å². The zero-order valence-corrected chi connectivity index (χ0v) is 15.2. The van der Waals surface area contributed by atoms with Crippen LogP contribution in [-0.2, 0) is 6.54 Å². The van der Waals surface area contributed by atoms with Crippen molar-refractivity contribution in [1.29, 1.82) is 0 Å². The summed E-state index contributed by atoms with van der Waals surface area (Å²) in [6.45, 7) is 8.44. The lowest BCUT2D eigenvalue weighted by atomic mass is 9.69. The molecule has 0 aliphatic heterocycles. The molecule has 21 heavy (non-hydrogen) atoms. The Kier molecular flexibility index (Phi) is 4.91. The molecule has 2 aliphatic carbocycles. The van der Waals surface area contributed by atoms with E-state index in [1.165, 1.54) is 24.8 Å². The number of rotatable bonds is 3. The maximum absolute atomic E-state index is 6.10. The third kappa shape index (κ3) is 2.72. The van der Waals surface area contributed by atoms with E-state index in [0.717, 1.165) is 18.5 Å². The minimum Gasteiger partial charge on any atom is -1.00 e. The smallest absolute Gasteiger partial charge is 0.102 e. The van der Waals surface area contributed by atoms with E-state index < -0.39 is 0 Å². The van der Waals surface area contributed by atoms with E-state index >= 15 is 0 Å². The van der Waals surface area contributed by atoms with Crippen LogP contribution < -0.4 is 17.7 Å². The Morgan fingerprint density at radius 1 is 1.19 bits per heavy atom. The largest absolute Gasteiger partial charge is 1.00 e. The van der Waals surface area contributed by atoms with Gasteiger partial charge in [0.15, 0.2) is 0 Å². The number of quaternary nitrogens is 1. The van der Waals surface area contributed by atoms with Crippen LogP contribution in [0.4, 0.5) is 0 Å². The molecule has 3 rings (SSSR count). The minimum absolute atomic E-state index is 0. The van der Waals surface area contributed by atoms with Gasteiger partial charge in [-0.1, -0.05) is 50.0 Å². The van der Waals surface area contributed by atoms with Gasteiger partial charge >= 0.3 is 0 Å². The van der Waals surface area contributed by atoms with Gasteiger partial charge in [-0.05, 0) is 36.3 Å². The third-order valence-corrected chi connectivity index (χ3v) is 7.22. The van der Waals surface area contributed by atoms with Gasteiger partial charge in [-0.15, -0.1) is 0 Å². The van der Waals surface area contributed by atoms with Gasteiger partial charge < -0.3 is 17.7 Å². The molecule has 0 spiro atoms. The summed E-state index contributed by atoms with van der Waals surface area (Å²) in [5.74, 6) is 0.905. The topological polar surface area (TPSA) is 16.6 Å². The highest BCUT2D eigenvalue weighted by molar-refractivity contribution is 6.42. The van der Waals surface area contributed by atoms with E-state index in [0.29, 0.717) is 20.9 Å². The summed E-state index contributed by atoms with van der Waals surface area (Å²) in [6.07, 6.45) is 4.17. The summed E-state index contributed by atoms with van der Waals surface area (Å²) in [5, 5.41) is 3.83. The van der Waals surface area contributed by atoms with E-state index in [-0.39, 0.29) is 12.4 Å². The van der Waals surface area contributed by atoms with Gasteiger partial charge in [-0.2, -0.15) is 0 Å². The molecule has 2 N–H and O–H groups in total. The number of halogens is 3. The molecule has 118 valence electrons. The van der Waals surface area contributed by atoms with E-state index in [1.807, 2.05) is 12.1 Å². The van der Waals surface area contributed by atoms with E-state index in [4.69, 9.17) is 23.2 Å². The van der Waals surface area contributed by atoms with Gasteiger partial charge in [0, 0.05) is 17.4 Å². The number of hydrogen-bond donors (Lipinski definition) is 1. The molecule has 2 fully saturated rings. The maximum Gasteiger partial charge on any atom is 0.102 e. The number of nitrogens with two attached hydrogens (primary N) is 1. The molecule has 1 nitrogen and oxygen atoms in total. The van der Waals surface area contributed by atoms with Crippen LogP contribution in [0.1, 0.15) is 45.6 Å². The Labute approximate surface area is 144 Å². The fourth-order valence-electron chi connectivity index (χ4n) is 4.57. The van der Waals surface area contributed by atoms with Gasteiger partial charge in [-0.25, -0.2) is 0 Å². The van der Waals surface area contributed by atoms with Gasteiger partial charge in [0.05, 0.1) is 16.1 Å². The van der Waals surface area contributed by atoms with Crippen molar-refractivity contribution in [2.24, 2.45) is 16.7 Å². The number of hydrogen-bond acceptors (Lipinski definition) is 0. The van der Waals surface area contributed by atoms with Crippen LogP contribution >= 0.6 is 23.2 Å². The molecule has 3 atom stereocenters. The Balaban J connectivity index is 0.00000161. The van der Waals surface area contributed by atoms with Crippen LogP contribution in [0.15, 0.2) is 18.2 Å². The quantitative estimate of drug-likeness (QED) is 0.847. The van der Waals surface area contributed by atoms with Crippen molar-refractivity contribution in [3.8, 4) is 0 Å². The summed E-state index contributed by atoms with van der Waals surface area (Å²) in [7, 11) is 0. The monoisotopic (exact) mass is 347 g/mol. The lowest BCUT2D eigenvalue weighted by Gasteiger charge is -2.37. The van der Waals surface area contributed by atoms with Crippen molar-refractivity contribution in [1.82, 2.24) is 0 Å². The molecule has 0 aromatic heterocycles. The third-order valence-electron chi connectivity index (χ3n) is 6.48. The zero-order chi connectivity index (χ0) is 14.5. The first kappa shape index (κ1) is 17.4. The van der Waals surface area contributed by atoms with Crippen LogP contribution in [0.5, 0.6) is 0 Å². The molecule has 1 aromatic carbocycles. The van der Waals surface area contributed by atoms with Crippen molar-refractivity contribution < 1.29 is 17.7 Å². The predicted octanol–water partition coefficient (Wildman–Crippen LogP) is 1.28. The Bertz CT molecular complexity index is 529. The lowest BCUT2D eigenvalue weighted by molar-refractivity contribution is -0.717. The zero-order valence-electron chi connectivity index (χ0n) is 12.9. The SMILES string of the molecule is CC1(C)C2CCC1(C)C([NH2+]Cc1ccc(Cl)c(Cl)c1)C2.[Cl-]. The van der Waals surface area contributed by atoms with Crippen molar-refractivity contribution in [2.45, 2.75) is 52.6 Å². The van der Waals surface area contributed by atoms with Crippen LogP contribution in [-0.4, -0.2) is 6.04 Å². The fourth-order valence-corrected chi connectivity index (χ4v) is 4.89. The Hall–Kier alpha value is 0.0500. The molecule has 2 aliphatic rings. The second-order valence-corrected chi connectivity index (χ2v) is 8.22. The average Bonchev–Trinajstić information content (AvgIpc) is 2.73. The molecule has 0 heterocycles. The average molecular weight is 349 g/mol. The summed E-state index contributed by atoms with van der Waals surface area (Å²) < 4.78 is 0. The van der Waals surface area contributed by atoms with E-state index in [2.05, 4.69) is 32.2 Å². The first-order valence-electron chi connectivity index (χ1n) is 7.62. The normalized spacial score (nSPS) is 33.0. The maximum atomic E-state index is 6.10.